The summed E-state index contributed by atoms with van der Waals surface area (Å²) in [6.45, 7) is 0. The van der Waals surface area contributed by atoms with E-state index in [0.717, 1.165) is 72.0 Å². The summed E-state index contributed by atoms with van der Waals surface area (Å²) in [6.07, 6.45) is 14.3. The molecule has 0 saturated carbocycles. The quantitative estimate of drug-likeness (QED) is 0.204. The average molecular weight is 577 g/mol. The van der Waals surface area contributed by atoms with Crippen LogP contribution in [0.1, 0.15) is 5.56 Å². The Labute approximate surface area is 259 Å². The van der Waals surface area contributed by atoms with Crippen LogP contribution >= 0.6 is 0 Å². The lowest BCUT2D eigenvalue weighted by Gasteiger charge is -2.27. The summed E-state index contributed by atoms with van der Waals surface area (Å²) in [5.41, 5.74) is 10.8. The van der Waals surface area contributed by atoms with Gasteiger partial charge in [-0.3, -0.25) is 19.9 Å². The van der Waals surface area contributed by atoms with Crippen molar-refractivity contribution in [1.82, 2.24) is 24.5 Å². The zero-order valence-corrected chi connectivity index (χ0v) is 24.0. The van der Waals surface area contributed by atoms with E-state index in [1.54, 1.807) is 49.6 Å². The van der Waals surface area contributed by atoms with E-state index in [2.05, 4.69) is 79.1 Å². The molecule has 8 rings (SSSR count). The summed E-state index contributed by atoms with van der Waals surface area (Å²) in [6, 6.07) is 35.6. The zero-order valence-electron chi connectivity index (χ0n) is 24.0. The molecule has 0 fully saturated rings. The van der Waals surface area contributed by atoms with Crippen LogP contribution in [-0.4, -0.2) is 24.5 Å². The van der Waals surface area contributed by atoms with E-state index in [0.29, 0.717) is 5.56 Å². The van der Waals surface area contributed by atoms with Crippen LogP contribution in [0.2, 0.25) is 0 Å². The number of pyridine rings is 4. The van der Waals surface area contributed by atoms with Crippen molar-refractivity contribution < 1.29 is 0 Å². The maximum absolute atomic E-state index is 11.1. The summed E-state index contributed by atoms with van der Waals surface area (Å²) in [5.74, 6) is 0. The highest BCUT2D eigenvalue weighted by molar-refractivity contribution is 6.13. The molecule has 5 heterocycles. The Morgan fingerprint density at radius 1 is 0.422 bits per heavy atom. The van der Waals surface area contributed by atoms with Gasteiger partial charge in [0.15, 0.2) is 0 Å². The van der Waals surface area contributed by atoms with Crippen molar-refractivity contribution in [2.75, 3.05) is 0 Å². The summed E-state index contributed by atoms with van der Waals surface area (Å²) >= 11 is 0. The third kappa shape index (κ3) is 4.26. The van der Waals surface area contributed by atoms with E-state index in [4.69, 9.17) is 0 Å². The highest BCUT2D eigenvalue weighted by atomic mass is 15.0. The second-order valence-electron chi connectivity index (χ2n) is 10.6. The second kappa shape index (κ2) is 11.0. The van der Waals surface area contributed by atoms with Crippen molar-refractivity contribution in [3.63, 3.8) is 0 Å². The molecule has 0 aliphatic heterocycles. The fraction of sp³-hybridized carbons (Fsp3) is 0. The van der Waals surface area contributed by atoms with Gasteiger partial charge in [-0.1, -0.05) is 36.4 Å². The summed E-state index contributed by atoms with van der Waals surface area (Å²) < 4.78 is 2.35. The van der Waals surface area contributed by atoms with E-state index in [9.17, 15) is 5.26 Å². The predicted molar refractivity (Wildman–Crippen MR) is 178 cm³/mol. The molecule has 0 saturated heterocycles. The molecule has 8 aromatic rings. The van der Waals surface area contributed by atoms with Gasteiger partial charge in [0, 0.05) is 82.6 Å². The first-order chi connectivity index (χ1) is 22.3. The van der Waals surface area contributed by atoms with Crippen LogP contribution in [0.4, 0.5) is 0 Å². The number of aromatic nitrogens is 5. The first kappa shape index (κ1) is 26.2. The molecule has 0 atom stereocenters. The van der Waals surface area contributed by atoms with Crippen LogP contribution in [0, 0.1) is 11.3 Å². The van der Waals surface area contributed by atoms with Gasteiger partial charge in [0.05, 0.1) is 22.3 Å². The minimum atomic E-state index is 0.565. The molecule has 6 nitrogen and oxygen atoms in total. The number of hydrogen-bond acceptors (Lipinski definition) is 5. The Bertz CT molecular complexity index is 2200. The largest absolute Gasteiger partial charge is 0.308 e. The lowest BCUT2D eigenvalue weighted by atomic mass is 9.80. The standard InChI is InChI=1S/C39H24N6/c40-25-32-35(26-9-17-41-18-10-26)37(28-13-21-43-22-14-28)39(45-33-7-3-1-5-30(33)31-6-2-4-8-34(31)45)38(29-15-23-44-24-16-29)36(32)27-11-19-42-20-12-27/h1-24H. The maximum Gasteiger partial charge on any atom is 0.100 e. The van der Waals surface area contributed by atoms with Crippen molar-refractivity contribution >= 4 is 21.8 Å². The van der Waals surface area contributed by atoms with Gasteiger partial charge >= 0.3 is 0 Å². The molecule has 45 heavy (non-hydrogen) atoms. The lowest BCUT2D eigenvalue weighted by Crippen LogP contribution is -2.07. The fourth-order valence-corrected chi connectivity index (χ4v) is 6.45. The molecule has 5 aromatic heterocycles. The number of nitriles is 1. The zero-order chi connectivity index (χ0) is 30.2. The lowest BCUT2D eigenvalue weighted by molar-refractivity contribution is 1.18. The highest BCUT2D eigenvalue weighted by Crippen LogP contribution is 2.51. The van der Waals surface area contributed by atoms with E-state index in [1.165, 1.54) is 0 Å². The minimum absolute atomic E-state index is 0.565. The van der Waals surface area contributed by atoms with Gasteiger partial charge in [0.1, 0.15) is 6.07 Å². The Balaban J connectivity index is 1.72. The molecular formula is C39H24N6. The number of fused-ring (bicyclic) bond motifs is 3. The number of hydrogen-bond donors (Lipinski definition) is 0. The normalized spacial score (nSPS) is 11.1. The van der Waals surface area contributed by atoms with Crippen LogP contribution in [-0.2, 0) is 0 Å². The Morgan fingerprint density at radius 3 is 1.11 bits per heavy atom. The molecule has 0 bridgehead atoms. The SMILES string of the molecule is N#Cc1c(-c2ccncc2)c(-c2ccncc2)c(-n2c3ccccc3c3ccccc32)c(-c2ccncc2)c1-c1ccncc1. The van der Waals surface area contributed by atoms with E-state index >= 15 is 0 Å². The van der Waals surface area contributed by atoms with E-state index in [-0.39, 0.29) is 0 Å². The van der Waals surface area contributed by atoms with Crippen LogP contribution in [0.5, 0.6) is 0 Å². The molecule has 6 heteroatoms. The van der Waals surface area contributed by atoms with Gasteiger partial charge in [-0.15, -0.1) is 0 Å². The smallest absolute Gasteiger partial charge is 0.100 e. The van der Waals surface area contributed by atoms with Crippen LogP contribution in [0.25, 0.3) is 72.0 Å². The Hall–Kier alpha value is -6.45. The van der Waals surface area contributed by atoms with Gasteiger partial charge in [-0.05, 0) is 82.9 Å². The predicted octanol–water partition coefficient (Wildman–Crippen LogP) is 8.90. The number of nitrogens with zero attached hydrogens (tertiary/aromatic N) is 6. The first-order valence-electron chi connectivity index (χ1n) is 14.6. The first-order valence-corrected chi connectivity index (χ1v) is 14.6. The fourth-order valence-electron chi connectivity index (χ4n) is 6.45. The van der Waals surface area contributed by atoms with Gasteiger partial charge < -0.3 is 4.57 Å². The van der Waals surface area contributed by atoms with Gasteiger partial charge in [0.25, 0.3) is 0 Å². The number of para-hydroxylation sites is 2. The molecule has 0 spiro atoms. The van der Waals surface area contributed by atoms with Crippen LogP contribution < -0.4 is 0 Å². The van der Waals surface area contributed by atoms with Gasteiger partial charge in [-0.25, -0.2) is 0 Å². The van der Waals surface area contributed by atoms with Crippen LogP contribution in [0.15, 0.2) is 147 Å². The molecule has 0 N–H and O–H groups in total. The van der Waals surface area contributed by atoms with E-state index in [1.807, 2.05) is 48.5 Å². The van der Waals surface area contributed by atoms with Crippen molar-refractivity contribution in [1.29, 1.82) is 5.26 Å². The van der Waals surface area contributed by atoms with Gasteiger partial charge in [-0.2, -0.15) is 5.26 Å². The molecule has 3 aromatic carbocycles. The number of benzene rings is 3. The summed E-state index contributed by atoms with van der Waals surface area (Å²) in [7, 11) is 0. The molecule has 0 aliphatic carbocycles. The maximum atomic E-state index is 11.1. The topological polar surface area (TPSA) is 80.3 Å². The summed E-state index contributed by atoms with van der Waals surface area (Å²) in [4.78, 5) is 17.3. The molecule has 0 unspecified atom stereocenters. The van der Waals surface area contributed by atoms with Crippen molar-refractivity contribution in [2.45, 2.75) is 0 Å². The van der Waals surface area contributed by atoms with Crippen molar-refractivity contribution in [3.8, 4) is 56.3 Å². The second-order valence-corrected chi connectivity index (χ2v) is 10.6. The van der Waals surface area contributed by atoms with E-state index < -0.39 is 0 Å². The Morgan fingerprint density at radius 2 is 0.756 bits per heavy atom. The Kier molecular flexibility index (Phi) is 6.40. The van der Waals surface area contributed by atoms with Crippen molar-refractivity contribution in [3.05, 3.63) is 152 Å². The molecule has 210 valence electrons. The van der Waals surface area contributed by atoms with Gasteiger partial charge in [0.2, 0.25) is 0 Å². The number of rotatable bonds is 5. The van der Waals surface area contributed by atoms with Crippen molar-refractivity contribution in [2.24, 2.45) is 0 Å². The third-order valence-electron chi connectivity index (χ3n) is 8.27. The third-order valence-corrected chi connectivity index (χ3v) is 8.27. The molecule has 0 aliphatic rings. The molecular weight excluding hydrogens is 552 g/mol. The summed E-state index contributed by atoms with van der Waals surface area (Å²) in [5, 5.41) is 13.4. The molecule has 0 radical (unpaired) electrons. The molecule has 0 amide bonds. The highest BCUT2D eigenvalue weighted by Gasteiger charge is 2.30. The van der Waals surface area contributed by atoms with Crippen LogP contribution in [0.3, 0.4) is 0 Å². The monoisotopic (exact) mass is 576 g/mol. The minimum Gasteiger partial charge on any atom is -0.308 e. The average Bonchev–Trinajstić information content (AvgIpc) is 3.46.